The van der Waals surface area contributed by atoms with Crippen LogP contribution in [0.15, 0.2) is 48.1 Å². The summed E-state index contributed by atoms with van der Waals surface area (Å²) in [6.07, 6.45) is 1.17. The van der Waals surface area contributed by atoms with E-state index in [4.69, 9.17) is 0 Å². The van der Waals surface area contributed by atoms with E-state index in [-0.39, 0.29) is 6.15 Å². The Kier molecular flexibility index (Phi) is 4.99. The van der Waals surface area contributed by atoms with Crippen LogP contribution >= 0.6 is 0 Å². The smallest absolute Gasteiger partial charge is 0.240 e. The van der Waals surface area contributed by atoms with Gasteiger partial charge in [-0.05, 0) is 12.1 Å². The third-order valence-corrected chi connectivity index (χ3v) is 2.06. The van der Waals surface area contributed by atoms with Gasteiger partial charge in [-0.2, -0.15) is 0 Å². The van der Waals surface area contributed by atoms with Crippen molar-refractivity contribution in [3.05, 3.63) is 43.2 Å². The molecule has 1 rings (SSSR count). The second-order valence-electron chi connectivity index (χ2n) is 1.81. The summed E-state index contributed by atoms with van der Waals surface area (Å²) in [5.41, 5.74) is 0. The van der Waals surface area contributed by atoms with Crippen molar-refractivity contribution in [3.8, 4) is 0 Å². The van der Waals surface area contributed by atoms with Crippen LogP contribution in [0.25, 0.3) is 0 Å². The molecule has 0 radical (unpaired) electrons. The van der Waals surface area contributed by atoms with E-state index < -0.39 is 11.1 Å². The van der Waals surface area contributed by atoms with Crippen LogP contribution < -0.4 is 6.15 Å². The molecule has 0 bridgehead atoms. The highest BCUT2D eigenvalue weighted by Gasteiger charge is 1.99. The molecule has 0 aliphatic carbocycles. The summed E-state index contributed by atoms with van der Waals surface area (Å²) in [5.74, 6) is 0. The highest BCUT2D eigenvalue weighted by Crippen LogP contribution is 2.05. The molecule has 66 valence electrons. The zero-order valence-corrected chi connectivity index (χ0v) is 7.42. The van der Waals surface area contributed by atoms with Gasteiger partial charge in [0, 0.05) is 0 Å². The highest BCUT2D eigenvalue weighted by molar-refractivity contribution is 7.80. The second kappa shape index (κ2) is 5.51. The summed E-state index contributed by atoms with van der Waals surface area (Å²) in [6, 6.07) is 8.94. The van der Waals surface area contributed by atoms with Crippen LogP contribution in [0.2, 0.25) is 0 Å². The molecule has 12 heavy (non-hydrogen) atoms. The Balaban J connectivity index is 0.00000121. The molecule has 0 spiro atoms. The van der Waals surface area contributed by atoms with E-state index in [0.717, 1.165) is 0 Å². The predicted octanol–water partition coefficient (Wildman–Crippen LogP) is 2.03. The molecule has 1 aromatic rings. The molecule has 0 aromatic heterocycles. The third kappa shape index (κ3) is 2.86. The molecule has 0 saturated carbocycles. The second-order valence-corrected chi connectivity index (χ2v) is 2.94. The van der Waals surface area contributed by atoms with Crippen LogP contribution in [-0.2, 0) is 15.3 Å². The molecule has 0 saturated heterocycles. The van der Waals surface area contributed by atoms with Gasteiger partial charge in [0.25, 0.3) is 0 Å². The monoisotopic (exact) mass is 185 g/mol. The van der Waals surface area contributed by atoms with E-state index in [2.05, 4.69) is 10.8 Å². The van der Waals surface area contributed by atoms with Crippen molar-refractivity contribution in [1.82, 2.24) is 6.15 Å². The standard InChI is InChI=1S/C8H8O2S.H3N/c1-2-10-11(9)8-6-4-3-5-7-8;/h2-7H,1H2;1H3. The molecule has 4 heteroatoms. The largest absolute Gasteiger partial charge is 0.406 e. The lowest BCUT2D eigenvalue weighted by molar-refractivity contribution is 0.507. The van der Waals surface area contributed by atoms with Gasteiger partial charge in [-0.1, -0.05) is 24.8 Å². The Labute approximate surface area is 74.3 Å². The van der Waals surface area contributed by atoms with Gasteiger partial charge in [0.15, 0.2) is 0 Å². The van der Waals surface area contributed by atoms with Crippen LogP contribution in [0.1, 0.15) is 0 Å². The summed E-state index contributed by atoms with van der Waals surface area (Å²) in [5, 5.41) is 0. The van der Waals surface area contributed by atoms with Gasteiger partial charge in [0.05, 0.1) is 11.2 Å². The molecule has 3 N–H and O–H groups in total. The molecule has 0 amide bonds. The summed E-state index contributed by atoms with van der Waals surface area (Å²) in [6.45, 7) is 3.31. The van der Waals surface area contributed by atoms with Crippen molar-refractivity contribution in [1.29, 1.82) is 0 Å². The number of benzene rings is 1. The minimum atomic E-state index is -1.40. The van der Waals surface area contributed by atoms with Crippen LogP contribution in [0.3, 0.4) is 0 Å². The summed E-state index contributed by atoms with van der Waals surface area (Å²) >= 11 is -1.40. The topological polar surface area (TPSA) is 61.3 Å². The molecular weight excluding hydrogens is 174 g/mol. The molecule has 0 aliphatic heterocycles. The van der Waals surface area contributed by atoms with Crippen molar-refractivity contribution in [2.45, 2.75) is 4.90 Å². The van der Waals surface area contributed by atoms with Crippen molar-refractivity contribution in [2.24, 2.45) is 0 Å². The SMILES string of the molecule is C=COS(=O)c1ccccc1.N. The van der Waals surface area contributed by atoms with Crippen LogP contribution in [-0.4, -0.2) is 4.21 Å². The van der Waals surface area contributed by atoms with Gasteiger partial charge in [0.1, 0.15) is 0 Å². The highest BCUT2D eigenvalue weighted by atomic mass is 32.2. The normalized spacial score (nSPS) is 11.0. The van der Waals surface area contributed by atoms with Gasteiger partial charge >= 0.3 is 0 Å². The predicted molar refractivity (Wildman–Crippen MR) is 49.2 cm³/mol. The number of rotatable bonds is 3. The van der Waals surface area contributed by atoms with Gasteiger partial charge in [-0.15, -0.1) is 0 Å². The minimum absolute atomic E-state index is 0. The maximum Gasteiger partial charge on any atom is 0.240 e. The maximum atomic E-state index is 11.1. The summed E-state index contributed by atoms with van der Waals surface area (Å²) in [7, 11) is 0. The minimum Gasteiger partial charge on any atom is -0.406 e. The number of hydrogen-bond acceptors (Lipinski definition) is 3. The zero-order valence-electron chi connectivity index (χ0n) is 6.60. The lowest BCUT2D eigenvalue weighted by atomic mass is 10.4. The fraction of sp³-hybridized carbons (Fsp3) is 0. The zero-order chi connectivity index (χ0) is 8.10. The van der Waals surface area contributed by atoms with Crippen LogP contribution in [0.4, 0.5) is 0 Å². The molecule has 0 heterocycles. The first-order valence-electron chi connectivity index (χ1n) is 3.09. The third-order valence-electron chi connectivity index (χ3n) is 1.09. The molecule has 3 nitrogen and oxygen atoms in total. The lowest BCUT2D eigenvalue weighted by Crippen LogP contribution is -1.90. The van der Waals surface area contributed by atoms with Crippen molar-refractivity contribution < 1.29 is 8.39 Å². The van der Waals surface area contributed by atoms with Crippen molar-refractivity contribution in [3.63, 3.8) is 0 Å². The molecule has 1 unspecified atom stereocenters. The van der Waals surface area contributed by atoms with Crippen molar-refractivity contribution >= 4 is 11.1 Å². The van der Waals surface area contributed by atoms with Gasteiger partial charge in [0.2, 0.25) is 11.1 Å². The van der Waals surface area contributed by atoms with Crippen molar-refractivity contribution in [2.75, 3.05) is 0 Å². The Morgan fingerprint density at radius 3 is 2.42 bits per heavy atom. The molecule has 1 aromatic carbocycles. The first kappa shape index (κ1) is 10.9. The van der Waals surface area contributed by atoms with Gasteiger partial charge in [-0.25, -0.2) is 4.21 Å². The quantitative estimate of drug-likeness (QED) is 0.733. The molecular formula is C8H11NO2S. The average Bonchev–Trinajstić information content (AvgIpc) is 2.07. The van der Waals surface area contributed by atoms with E-state index in [9.17, 15) is 4.21 Å². The Morgan fingerprint density at radius 1 is 1.33 bits per heavy atom. The van der Waals surface area contributed by atoms with E-state index >= 15 is 0 Å². The molecule has 1 atom stereocenters. The first-order chi connectivity index (χ1) is 5.34. The average molecular weight is 185 g/mol. The van der Waals surface area contributed by atoms with Crippen LogP contribution in [0, 0.1) is 0 Å². The Morgan fingerprint density at radius 2 is 1.92 bits per heavy atom. The van der Waals surface area contributed by atoms with E-state index in [1.54, 1.807) is 24.3 Å². The number of hydrogen-bond donors (Lipinski definition) is 1. The Bertz CT molecular complexity index is 261. The molecule has 0 aliphatic rings. The van der Waals surface area contributed by atoms with E-state index in [0.29, 0.717) is 4.90 Å². The maximum absolute atomic E-state index is 11.1. The molecule has 0 fully saturated rings. The fourth-order valence-electron chi connectivity index (χ4n) is 0.649. The van der Waals surface area contributed by atoms with Crippen LogP contribution in [0.5, 0.6) is 0 Å². The van der Waals surface area contributed by atoms with E-state index in [1.165, 1.54) is 6.26 Å². The summed E-state index contributed by atoms with van der Waals surface area (Å²) < 4.78 is 15.7. The van der Waals surface area contributed by atoms with E-state index in [1.807, 2.05) is 6.07 Å². The lowest BCUT2D eigenvalue weighted by Gasteiger charge is -1.97. The first-order valence-corrected chi connectivity index (χ1v) is 4.17. The van der Waals surface area contributed by atoms with Gasteiger partial charge in [-0.3, -0.25) is 0 Å². The van der Waals surface area contributed by atoms with Gasteiger partial charge < -0.3 is 10.3 Å². The summed E-state index contributed by atoms with van der Waals surface area (Å²) in [4.78, 5) is 0.646. The Hall–Kier alpha value is -1.13. The fourth-order valence-corrected chi connectivity index (χ4v) is 1.26.